The maximum absolute atomic E-state index is 10.6. The van der Waals surface area contributed by atoms with Crippen LogP contribution in [0.3, 0.4) is 0 Å². The van der Waals surface area contributed by atoms with Crippen molar-refractivity contribution in [3.63, 3.8) is 0 Å². The molecule has 0 saturated carbocycles. The van der Waals surface area contributed by atoms with E-state index in [9.17, 15) is 4.79 Å². The van der Waals surface area contributed by atoms with Crippen LogP contribution in [0.1, 0.15) is 39.0 Å². The van der Waals surface area contributed by atoms with E-state index < -0.39 is 5.97 Å². The predicted molar refractivity (Wildman–Crippen MR) is 54.2 cm³/mol. The number of carbonyl (C=O) groups excluding carboxylic acids is 1. The summed E-state index contributed by atoms with van der Waals surface area (Å²) < 4.78 is 4.66. The molecule has 0 aliphatic rings. The molecule has 0 spiro atoms. The Balaban J connectivity index is 3.21. The van der Waals surface area contributed by atoms with E-state index >= 15 is 0 Å². The zero-order valence-corrected chi connectivity index (χ0v) is 8.29. The minimum Gasteiger partial charge on any atom is -0.432 e. The van der Waals surface area contributed by atoms with Crippen molar-refractivity contribution in [3.8, 4) is 0 Å². The molecule has 0 heterocycles. The highest BCUT2D eigenvalue weighted by molar-refractivity contribution is 5.81. The lowest BCUT2D eigenvalue weighted by atomic mass is 10.1. The van der Waals surface area contributed by atoms with Crippen molar-refractivity contribution in [2.24, 2.45) is 0 Å². The second-order valence-electron chi connectivity index (χ2n) is 2.86. The normalized spacial score (nSPS) is 10.2. The number of allylic oxidation sites excluding steroid dienone is 1. The summed E-state index contributed by atoms with van der Waals surface area (Å²) >= 11 is 0. The van der Waals surface area contributed by atoms with Crippen LogP contribution in [0.2, 0.25) is 0 Å². The van der Waals surface area contributed by atoms with Crippen LogP contribution < -0.4 is 0 Å². The molecule has 0 rings (SSSR count). The van der Waals surface area contributed by atoms with E-state index in [2.05, 4.69) is 18.2 Å². The van der Waals surface area contributed by atoms with E-state index in [0.717, 1.165) is 18.9 Å². The molecule has 0 aliphatic heterocycles. The van der Waals surface area contributed by atoms with Gasteiger partial charge in [-0.25, -0.2) is 4.79 Å². The number of ether oxygens (including phenoxy) is 1. The molecule has 0 saturated heterocycles. The van der Waals surface area contributed by atoms with Gasteiger partial charge in [-0.2, -0.15) is 0 Å². The average molecular weight is 182 g/mol. The van der Waals surface area contributed by atoms with Gasteiger partial charge in [0.15, 0.2) is 0 Å². The number of unbranched alkanes of at least 4 members (excludes halogenated alkanes) is 4. The quantitative estimate of drug-likeness (QED) is 0.261. The average Bonchev–Trinajstić information content (AvgIpc) is 2.16. The summed E-state index contributed by atoms with van der Waals surface area (Å²) in [4.78, 5) is 10.6. The Morgan fingerprint density at radius 2 is 2.15 bits per heavy atom. The Labute approximate surface area is 80.3 Å². The smallest absolute Gasteiger partial charge is 0.334 e. The first-order valence-electron chi connectivity index (χ1n) is 4.79. The molecule has 0 amide bonds. The molecule has 0 unspecified atom stereocenters. The van der Waals surface area contributed by atoms with E-state index in [4.69, 9.17) is 0 Å². The summed E-state index contributed by atoms with van der Waals surface area (Å²) in [6, 6.07) is 0. The molecule has 0 aliphatic carbocycles. The molecule has 0 aromatic heterocycles. The molecule has 0 aromatic rings. The van der Waals surface area contributed by atoms with Crippen LogP contribution in [-0.2, 0) is 9.53 Å². The third-order valence-corrected chi connectivity index (χ3v) is 1.67. The first-order chi connectivity index (χ1) is 6.31. The monoisotopic (exact) mass is 182 g/mol. The number of rotatable bonds is 7. The second kappa shape index (κ2) is 9.04. The Bertz CT molecular complexity index is 171. The molecular formula is C11H18O2. The maximum atomic E-state index is 10.6. The number of hydrogen-bond donors (Lipinski definition) is 0. The molecule has 2 nitrogen and oxygen atoms in total. The zero-order chi connectivity index (χ0) is 9.94. The second-order valence-corrected chi connectivity index (χ2v) is 2.86. The first-order valence-corrected chi connectivity index (χ1v) is 4.79. The van der Waals surface area contributed by atoms with Gasteiger partial charge in [-0.05, 0) is 18.9 Å². The molecule has 74 valence electrons. The summed E-state index contributed by atoms with van der Waals surface area (Å²) in [5.41, 5.74) is 0. The van der Waals surface area contributed by atoms with Crippen LogP contribution in [0.5, 0.6) is 0 Å². The van der Waals surface area contributed by atoms with Gasteiger partial charge in [-0.3, -0.25) is 0 Å². The molecule has 0 bridgehead atoms. The van der Waals surface area contributed by atoms with Crippen molar-refractivity contribution in [2.45, 2.75) is 39.0 Å². The van der Waals surface area contributed by atoms with Gasteiger partial charge in [-0.15, -0.1) is 0 Å². The van der Waals surface area contributed by atoms with E-state index in [0.29, 0.717) is 0 Å². The Morgan fingerprint density at radius 3 is 2.77 bits per heavy atom. The highest BCUT2D eigenvalue weighted by Crippen LogP contribution is 2.02. The van der Waals surface area contributed by atoms with E-state index in [-0.39, 0.29) is 0 Å². The van der Waals surface area contributed by atoms with Crippen molar-refractivity contribution in [1.29, 1.82) is 0 Å². The Kier molecular flexibility index (Phi) is 8.31. The van der Waals surface area contributed by atoms with Gasteiger partial charge in [0, 0.05) is 6.08 Å². The molecule has 0 atom stereocenters. The van der Waals surface area contributed by atoms with E-state index in [1.54, 1.807) is 0 Å². The number of esters is 1. The third-order valence-electron chi connectivity index (χ3n) is 1.67. The third kappa shape index (κ3) is 8.86. The molecule has 0 radical (unpaired) electrons. The fourth-order valence-electron chi connectivity index (χ4n) is 0.920. The Morgan fingerprint density at radius 1 is 1.38 bits per heavy atom. The molecule has 0 N–H and O–H groups in total. The Hall–Kier alpha value is -1.05. The lowest BCUT2D eigenvalue weighted by Crippen LogP contribution is -1.91. The van der Waals surface area contributed by atoms with Gasteiger partial charge < -0.3 is 4.74 Å². The fraction of sp³-hybridized carbons (Fsp3) is 0.545. The zero-order valence-electron chi connectivity index (χ0n) is 8.29. The van der Waals surface area contributed by atoms with Crippen LogP contribution in [0.25, 0.3) is 0 Å². The maximum Gasteiger partial charge on any atom is 0.334 e. The summed E-state index contributed by atoms with van der Waals surface area (Å²) in [5, 5.41) is 0. The molecule has 0 fully saturated rings. The summed E-state index contributed by atoms with van der Waals surface area (Å²) in [7, 11) is 0. The summed E-state index contributed by atoms with van der Waals surface area (Å²) in [5.74, 6) is -0.398. The highest BCUT2D eigenvalue weighted by atomic mass is 16.5. The first kappa shape index (κ1) is 11.9. The molecular weight excluding hydrogens is 164 g/mol. The lowest BCUT2D eigenvalue weighted by Gasteiger charge is -1.94. The van der Waals surface area contributed by atoms with Crippen LogP contribution >= 0.6 is 0 Å². The van der Waals surface area contributed by atoms with Gasteiger partial charge in [0.25, 0.3) is 0 Å². The SMILES string of the molecule is C=CC(=O)OC=CCCCCCC. The minimum absolute atomic E-state index is 0.398. The van der Waals surface area contributed by atoms with Crippen molar-refractivity contribution < 1.29 is 9.53 Å². The van der Waals surface area contributed by atoms with Crippen LogP contribution in [0.15, 0.2) is 25.0 Å². The molecule has 2 heteroatoms. The minimum atomic E-state index is -0.398. The van der Waals surface area contributed by atoms with Crippen LogP contribution in [-0.4, -0.2) is 5.97 Å². The van der Waals surface area contributed by atoms with Crippen molar-refractivity contribution in [1.82, 2.24) is 0 Å². The number of carbonyl (C=O) groups is 1. The fourth-order valence-corrected chi connectivity index (χ4v) is 0.920. The lowest BCUT2D eigenvalue weighted by molar-refractivity contribution is -0.132. The largest absolute Gasteiger partial charge is 0.432 e. The highest BCUT2D eigenvalue weighted by Gasteiger charge is 1.88. The standard InChI is InChI=1S/C11H18O2/c1-3-5-6-7-8-9-10-13-11(12)4-2/h4,9-10H,2-3,5-8H2,1H3. The topological polar surface area (TPSA) is 26.3 Å². The van der Waals surface area contributed by atoms with Gasteiger partial charge >= 0.3 is 5.97 Å². The molecule has 0 aromatic carbocycles. The van der Waals surface area contributed by atoms with Crippen molar-refractivity contribution >= 4 is 5.97 Å². The van der Waals surface area contributed by atoms with Gasteiger partial charge in [-0.1, -0.05) is 32.8 Å². The van der Waals surface area contributed by atoms with Crippen LogP contribution in [0, 0.1) is 0 Å². The van der Waals surface area contributed by atoms with E-state index in [1.807, 2.05) is 6.08 Å². The van der Waals surface area contributed by atoms with Crippen molar-refractivity contribution in [3.05, 3.63) is 25.0 Å². The van der Waals surface area contributed by atoms with Gasteiger partial charge in [0.05, 0.1) is 6.26 Å². The number of hydrogen-bond acceptors (Lipinski definition) is 2. The van der Waals surface area contributed by atoms with Gasteiger partial charge in [0.2, 0.25) is 0 Å². The summed E-state index contributed by atoms with van der Waals surface area (Å²) in [6.45, 7) is 5.47. The molecule has 13 heavy (non-hydrogen) atoms. The van der Waals surface area contributed by atoms with Gasteiger partial charge in [0.1, 0.15) is 0 Å². The van der Waals surface area contributed by atoms with E-state index in [1.165, 1.54) is 25.5 Å². The summed E-state index contributed by atoms with van der Waals surface area (Å²) in [6.07, 6.45) is 10.4. The van der Waals surface area contributed by atoms with Crippen molar-refractivity contribution in [2.75, 3.05) is 0 Å². The van der Waals surface area contributed by atoms with Crippen LogP contribution in [0.4, 0.5) is 0 Å². The predicted octanol–water partition coefficient (Wildman–Crippen LogP) is 3.20.